The van der Waals surface area contributed by atoms with E-state index in [1.807, 2.05) is 0 Å². The van der Waals surface area contributed by atoms with Crippen LogP contribution in [0.1, 0.15) is 49.5 Å². The lowest BCUT2D eigenvalue weighted by Crippen LogP contribution is -2.49. The summed E-state index contributed by atoms with van der Waals surface area (Å²) in [6, 6.07) is 4.24. The lowest BCUT2D eigenvalue weighted by atomic mass is 9.99. The minimum Gasteiger partial charge on any atom is -0.484 e. The number of hydrogen-bond donors (Lipinski definition) is 1. The number of halogens is 2. The molecule has 4 heterocycles. The number of amides is 1. The van der Waals surface area contributed by atoms with Gasteiger partial charge in [-0.1, -0.05) is 24.9 Å². The molecule has 1 aromatic heterocycles. The molecule has 3 aliphatic heterocycles. The number of carbonyl (C=O) groups is 1. The molecule has 1 unspecified atom stereocenters. The van der Waals surface area contributed by atoms with Gasteiger partial charge in [-0.25, -0.2) is 14.4 Å². The van der Waals surface area contributed by atoms with Crippen molar-refractivity contribution in [2.45, 2.75) is 32.8 Å². The molecule has 0 bridgehead atoms. The minimum atomic E-state index is -0.415. The predicted molar refractivity (Wildman–Crippen MR) is 125 cm³/mol. The van der Waals surface area contributed by atoms with Crippen LogP contribution in [0.3, 0.4) is 0 Å². The lowest BCUT2D eigenvalue weighted by molar-refractivity contribution is -0.110. The van der Waals surface area contributed by atoms with Crippen LogP contribution in [0.15, 0.2) is 24.4 Å². The van der Waals surface area contributed by atoms with E-state index in [9.17, 15) is 9.18 Å². The number of morpholine rings is 1. The van der Waals surface area contributed by atoms with E-state index in [0.29, 0.717) is 58.7 Å². The predicted octanol–water partition coefficient (Wildman–Crippen LogP) is 4.64. The van der Waals surface area contributed by atoms with E-state index >= 15 is 0 Å². The van der Waals surface area contributed by atoms with Crippen molar-refractivity contribution in [3.05, 3.63) is 51.9 Å². The third-order valence-corrected chi connectivity index (χ3v) is 6.62. The van der Waals surface area contributed by atoms with Gasteiger partial charge in [-0.2, -0.15) is 0 Å². The van der Waals surface area contributed by atoms with Crippen molar-refractivity contribution in [1.82, 2.24) is 9.99 Å². The van der Waals surface area contributed by atoms with Crippen LogP contribution in [0, 0.1) is 5.82 Å². The van der Waals surface area contributed by atoms with Crippen LogP contribution < -0.4 is 10.3 Å². The van der Waals surface area contributed by atoms with Crippen LogP contribution in [0.4, 0.5) is 15.9 Å². The van der Waals surface area contributed by atoms with Crippen LogP contribution in [0.5, 0.6) is 0 Å². The molecule has 1 saturated heterocycles. The maximum Gasteiger partial charge on any atom is 0.260 e. The largest absolute Gasteiger partial charge is 0.484 e. The topological polar surface area (TPSA) is 66.9 Å². The van der Waals surface area contributed by atoms with Gasteiger partial charge in [-0.3, -0.25) is 9.80 Å². The molecule has 0 spiro atoms. The number of nitrogens with zero attached hydrogens (tertiary/aromatic N) is 3. The van der Waals surface area contributed by atoms with Crippen molar-refractivity contribution in [1.29, 1.82) is 0 Å². The Balaban J connectivity index is 1.64. The molecule has 2 aromatic rings. The molecule has 0 radical (unpaired) electrons. The summed E-state index contributed by atoms with van der Waals surface area (Å²) >= 11 is 6.99. The molecule has 0 aliphatic carbocycles. The average molecular weight is 473 g/mol. The summed E-state index contributed by atoms with van der Waals surface area (Å²) in [4.78, 5) is 17.6. The number of anilines is 2. The third kappa shape index (κ3) is 3.76. The number of ether oxygens (including phenoxy) is 2. The molecule has 7 nitrogen and oxygen atoms in total. The van der Waals surface area contributed by atoms with Gasteiger partial charge >= 0.3 is 0 Å². The Morgan fingerprint density at radius 3 is 2.79 bits per heavy atom. The van der Waals surface area contributed by atoms with Crippen LogP contribution >= 0.6 is 11.6 Å². The highest BCUT2D eigenvalue weighted by atomic mass is 35.5. The second kappa shape index (κ2) is 8.93. The summed E-state index contributed by atoms with van der Waals surface area (Å²) < 4.78 is 25.8. The molecule has 5 rings (SSSR count). The summed E-state index contributed by atoms with van der Waals surface area (Å²) in [6.45, 7) is 7.66. The van der Waals surface area contributed by atoms with Gasteiger partial charge in [0.2, 0.25) is 0 Å². The van der Waals surface area contributed by atoms with E-state index in [2.05, 4.69) is 29.2 Å². The van der Waals surface area contributed by atoms with Gasteiger partial charge in [0.05, 0.1) is 23.8 Å². The molecule has 1 amide bonds. The Morgan fingerprint density at radius 1 is 1.27 bits per heavy atom. The van der Waals surface area contributed by atoms with Crippen molar-refractivity contribution < 1.29 is 18.7 Å². The van der Waals surface area contributed by atoms with Crippen molar-refractivity contribution in [3.8, 4) is 0 Å². The Morgan fingerprint density at radius 2 is 2.06 bits per heavy atom. The SMILES string of the molecule is CCCC1OC(=C2C(=O)Nc3ccc(F)cc32)c2cnc(N(CC)N3CCOCC3)c(Cl)c21. The van der Waals surface area contributed by atoms with Gasteiger partial charge in [-0.05, 0) is 31.5 Å². The van der Waals surface area contributed by atoms with E-state index < -0.39 is 5.82 Å². The van der Waals surface area contributed by atoms with Gasteiger partial charge in [0.15, 0.2) is 5.82 Å². The number of rotatable bonds is 5. The quantitative estimate of drug-likeness (QED) is 0.639. The number of nitrogens with one attached hydrogen (secondary N) is 1. The van der Waals surface area contributed by atoms with Crippen molar-refractivity contribution in [2.75, 3.05) is 43.2 Å². The second-order valence-corrected chi connectivity index (χ2v) is 8.63. The van der Waals surface area contributed by atoms with Crippen molar-refractivity contribution in [2.24, 2.45) is 0 Å². The van der Waals surface area contributed by atoms with E-state index in [4.69, 9.17) is 26.1 Å². The van der Waals surface area contributed by atoms with E-state index in [0.717, 1.165) is 31.5 Å². The van der Waals surface area contributed by atoms with Crippen molar-refractivity contribution >= 4 is 40.3 Å². The van der Waals surface area contributed by atoms with E-state index in [1.54, 1.807) is 12.3 Å². The van der Waals surface area contributed by atoms with Crippen LogP contribution in [-0.4, -0.2) is 48.7 Å². The molecule has 9 heteroatoms. The average Bonchev–Trinajstić information content (AvgIpc) is 3.33. The van der Waals surface area contributed by atoms with Gasteiger partial charge in [0.1, 0.15) is 17.7 Å². The highest BCUT2D eigenvalue weighted by Gasteiger charge is 2.39. The number of hydrazine groups is 1. The molecule has 174 valence electrons. The van der Waals surface area contributed by atoms with Gasteiger partial charge < -0.3 is 14.8 Å². The van der Waals surface area contributed by atoms with E-state index in [-0.39, 0.29) is 12.0 Å². The van der Waals surface area contributed by atoms with Gasteiger partial charge in [0.25, 0.3) is 5.91 Å². The first-order chi connectivity index (χ1) is 16.0. The third-order valence-electron chi connectivity index (χ3n) is 6.24. The Hall–Kier alpha value is -2.68. The highest BCUT2D eigenvalue weighted by molar-refractivity contribution is 6.37. The zero-order chi connectivity index (χ0) is 23.1. The van der Waals surface area contributed by atoms with Gasteiger partial charge in [-0.15, -0.1) is 0 Å². The Kier molecular flexibility index (Phi) is 5.99. The summed E-state index contributed by atoms with van der Waals surface area (Å²) in [6.07, 6.45) is 3.02. The zero-order valence-electron chi connectivity index (χ0n) is 18.7. The fourth-order valence-electron chi connectivity index (χ4n) is 4.73. The van der Waals surface area contributed by atoms with Crippen LogP contribution in [0.25, 0.3) is 11.3 Å². The molecule has 1 N–H and O–H groups in total. The minimum absolute atomic E-state index is 0.310. The number of benzene rings is 1. The fraction of sp³-hybridized carbons (Fsp3) is 0.417. The normalized spacial score (nSPS) is 22.1. The molecule has 1 aromatic carbocycles. The summed E-state index contributed by atoms with van der Waals surface area (Å²) in [5.74, 6) is 0.332. The first kappa shape index (κ1) is 22.1. The Bertz CT molecular complexity index is 1130. The van der Waals surface area contributed by atoms with Crippen LogP contribution in [0.2, 0.25) is 5.02 Å². The summed E-state index contributed by atoms with van der Waals surface area (Å²) in [5, 5.41) is 7.59. The lowest BCUT2D eigenvalue weighted by Gasteiger charge is -2.38. The number of aromatic nitrogens is 1. The number of hydrogen-bond acceptors (Lipinski definition) is 6. The maximum absolute atomic E-state index is 14.0. The monoisotopic (exact) mass is 472 g/mol. The summed E-state index contributed by atoms with van der Waals surface area (Å²) in [5.41, 5.74) is 2.88. The molecule has 0 saturated carbocycles. The molecule has 33 heavy (non-hydrogen) atoms. The molecule has 3 aliphatic rings. The zero-order valence-corrected chi connectivity index (χ0v) is 19.4. The molecular weight excluding hydrogens is 447 g/mol. The first-order valence-electron chi connectivity index (χ1n) is 11.3. The molecule has 1 fully saturated rings. The maximum atomic E-state index is 14.0. The Labute approximate surface area is 197 Å². The van der Waals surface area contributed by atoms with Gasteiger partial charge in [0, 0.05) is 48.2 Å². The summed E-state index contributed by atoms with van der Waals surface area (Å²) in [7, 11) is 0. The smallest absolute Gasteiger partial charge is 0.260 e. The second-order valence-electron chi connectivity index (χ2n) is 8.25. The molecule has 1 atom stereocenters. The van der Waals surface area contributed by atoms with E-state index in [1.165, 1.54) is 12.1 Å². The standard InChI is InChI=1S/C24H26ClFN4O3/c1-3-5-18-19-16(13-27-23(21(19)25)30(4-2)29-8-10-32-11-9-29)22(33-18)20-15-12-14(26)6-7-17(15)28-24(20)31/h6-7,12-13,18H,3-5,8-11H2,1-2H3,(H,28,31). The first-order valence-corrected chi connectivity index (χ1v) is 11.7. The van der Waals surface area contributed by atoms with Crippen molar-refractivity contribution in [3.63, 3.8) is 0 Å². The fourth-order valence-corrected chi connectivity index (χ4v) is 5.10. The number of carbonyl (C=O) groups excluding carboxylic acids is 1. The molecular formula is C24H26ClFN4O3. The highest BCUT2D eigenvalue weighted by Crippen LogP contribution is 2.50. The van der Waals surface area contributed by atoms with Crippen LogP contribution in [-0.2, 0) is 14.3 Å². The number of fused-ring (bicyclic) bond motifs is 2. The number of pyridine rings is 1.